The van der Waals surface area contributed by atoms with Crippen molar-refractivity contribution in [2.45, 2.75) is 25.8 Å². The number of nitrogens with two attached hydrogens (primary N) is 1. The van der Waals surface area contributed by atoms with Gasteiger partial charge in [0.15, 0.2) is 0 Å². The van der Waals surface area contributed by atoms with Crippen LogP contribution in [0.4, 0.5) is 5.82 Å². The van der Waals surface area contributed by atoms with Crippen LogP contribution in [0.5, 0.6) is 0 Å². The maximum atomic E-state index is 6.08. The predicted octanol–water partition coefficient (Wildman–Crippen LogP) is 2.71. The van der Waals surface area contributed by atoms with Crippen LogP contribution in [0, 0.1) is 0 Å². The molecule has 0 radical (unpaired) electrons. The summed E-state index contributed by atoms with van der Waals surface area (Å²) in [6.07, 6.45) is 4.01. The Morgan fingerprint density at radius 1 is 1.05 bits per heavy atom. The summed E-state index contributed by atoms with van der Waals surface area (Å²) in [4.78, 5) is 6.95. The number of aromatic nitrogens is 1. The van der Waals surface area contributed by atoms with Crippen molar-refractivity contribution in [2.75, 3.05) is 18.0 Å². The number of fused-ring (bicyclic) bond motifs is 1. The third-order valence-electron chi connectivity index (χ3n) is 4.03. The summed E-state index contributed by atoms with van der Waals surface area (Å²) in [5.41, 5.74) is 10.1. The standard InChI is InChI=1S/C17H21N3/c1-13(18)16-7-4-10-19-17(16)20-11-8-14-5-2-3-6-15(14)9-12-20/h2-7,10,13H,8-9,11-12,18H2,1H3. The van der Waals surface area contributed by atoms with Crippen LogP contribution in [0.2, 0.25) is 0 Å². The van der Waals surface area contributed by atoms with Gasteiger partial charge in [-0.05, 0) is 37.0 Å². The first kappa shape index (κ1) is 13.1. The Kier molecular flexibility index (Phi) is 3.70. The zero-order valence-electron chi connectivity index (χ0n) is 11.9. The number of rotatable bonds is 2. The molecule has 0 amide bonds. The average molecular weight is 267 g/mol. The van der Waals surface area contributed by atoms with Crippen molar-refractivity contribution >= 4 is 5.82 Å². The monoisotopic (exact) mass is 267 g/mol. The molecule has 2 heterocycles. The largest absolute Gasteiger partial charge is 0.356 e. The Hall–Kier alpha value is -1.87. The number of pyridine rings is 1. The van der Waals surface area contributed by atoms with Gasteiger partial charge in [-0.25, -0.2) is 4.98 Å². The van der Waals surface area contributed by atoms with Crippen LogP contribution in [0.15, 0.2) is 42.6 Å². The van der Waals surface area contributed by atoms with E-state index in [1.54, 1.807) is 0 Å². The van der Waals surface area contributed by atoms with Crippen LogP contribution >= 0.6 is 0 Å². The van der Waals surface area contributed by atoms with Gasteiger partial charge in [-0.3, -0.25) is 0 Å². The van der Waals surface area contributed by atoms with Crippen molar-refractivity contribution in [3.63, 3.8) is 0 Å². The van der Waals surface area contributed by atoms with E-state index in [4.69, 9.17) is 5.73 Å². The van der Waals surface area contributed by atoms with Gasteiger partial charge < -0.3 is 10.6 Å². The minimum Gasteiger partial charge on any atom is -0.356 e. The first-order valence-electron chi connectivity index (χ1n) is 7.28. The fraction of sp³-hybridized carbons (Fsp3) is 0.353. The van der Waals surface area contributed by atoms with Crippen molar-refractivity contribution in [1.82, 2.24) is 4.98 Å². The van der Waals surface area contributed by atoms with Crippen molar-refractivity contribution in [3.05, 3.63) is 59.3 Å². The lowest BCUT2D eigenvalue weighted by molar-refractivity contribution is 0.752. The summed E-state index contributed by atoms with van der Waals surface area (Å²) < 4.78 is 0. The molecule has 0 bridgehead atoms. The summed E-state index contributed by atoms with van der Waals surface area (Å²) in [6.45, 7) is 4.04. The van der Waals surface area contributed by atoms with Crippen LogP contribution < -0.4 is 10.6 Å². The Morgan fingerprint density at radius 3 is 2.30 bits per heavy atom. The van der Waals surface area contributed by atoms with E-state index in [0.717, 1.165) is 37.3 Å². The molecule has 0 saturated carbocycles. The molecule has 1 aliphatic rings. The summed E-state index contributed by atoms with van der Waals surface area (Å²) in [6, 6.07) is 12.8. The molecule has 1 unspecified atom stereocenters. The lowest BCUT2D eigenvalue weighted by Gasteiger charge is -2.25. The molecule has 2 aromatic rings. The zero-order valence-corrected chi connectivity index (χ0v) is 11.9. The molecule has 1 aromatic carbocycles. The van der Waals surface area contributed by atoms with E-state index < -0.39 is 0 Å². The molecule has 0 spiro atoms. The normalized spacial score (nSPS) is 16.4. The zero-order chi connectivity index (χ0) is 13.9. The lowest BCUT2D eigenvalue weighted by atomic mass is 10.0. The van der Waals surface area contributed by atoms with Crippen LogP contribution in [0.3, 0.4) is 0 Å². The number of benzene rings is 1. The maximum absolute atomic E-state index is 6.08. The minimum atomic E-state index is 0.0179. The molecule has 3 rings (SSSR count). The molecule has 0 aliphatic carbocycles. The fourth-order valence-corrected chi connectivity index (χ4v) is 2.91. The van der Waals surface area contributed by atoms with Gasteiger partial charge in [0.05, 0.1) is 0 Å². The molecule has 1 aliphatic heterocycles. The molecular formula is C17H21N3. The first-order valence-corrected chi connectivity index (χ1v) is 7.28. The van der Waals surface area contributed by atoms with Gasteiger partial charge in [0, 0.05) is 30.9 Å². The molecule has 0 fully saturated rings. The van der Waals surface area contributed by atoms with E-state index in [2.05, 4.69) is 40.2 Å². The van der Waals surface area contributed by atoms with Crippen molar-refractivity contribution < 1.29 is 0 Å². The Bertz CT molecular complexity index is 565. The summed E-state index contributed by atoms with van der Waals surface area (Å²) in [7, 11) is 0. The van der Waals surface area contributed by atoms with Gasteiger partial charge in [0.1, 0.15) is 5.82 Å². The van der Waals surface area contributed by atoms with Gasteiger partial charge >= 0.3 is 0 Å². The van der Waals surface area contributed by atoms with Gasteiger partial charge in [-0.1, -0.05) is 30.3 Å². The van der Waals surface area contributed by atoms with Gasteiger partial charge in [0.25, 0.3) is 0 Å². The molecule has 1 atom stereocenters. The summed E-state index contributed by atoms with van der Waals surface area (Å²) >= 11 is 0. The summed E-state index contributed by atoms with van der Waals surface area (Å²) in [5, 5.41) is 0. The highest BCUT2D eigenvalue weighted by molar-refractivity contribution is 5.49. The Morgan fingerprint density at radius 2 is 1.70 bits per heavy atom. The first-order chi connectivity index (χ1) is 9.75. The molecule has 2 N–H and O–H groups in total. The van der Waals surface area contributed by atoms with E-state index in [9.17, 15) is 0 Å². The van der Waals surface area contributed by atoms with E-state index in [0.29, 0.717) is 0 Å². The minimum absolute atomic E-state index is 0.0179. The van der Waals surface area contributed by atoms with Crippen LogP contribution in [0.1, 0.15) is 29.7 Å². The van der Waals surface area contributed by atoms with E-state index >= 15 is 0 Å². The van der Waals surface area contributed by atoms with Gasteiger partial charge in [-0.2, -0.15) is 0 Å². The second-order valence-electron chi connectivity index (χ2n) is 5.46. The topological polar surface area (TPSA) is 42.1 Å². The average Bonchev–Trinajstić information content (AvgIpc) is 2.70. The van der Waals surface area contributed by atoms with Gasteiger partial charge in [0.2, 0.25) is 0 Å². The molecular weight excluding hydrogens is 246 g/mol. The van der Waals surface area contributed by atoms with Crippen molar-refractivity contribution in [2.24, 2.45) is 5.73 Å². The number of hydrogen-bond acceptors (Lipinski definition) is 3. The smallest absolute Gasteiger partial charge is 0.133 e. The van der Waals surface area contributed by atoms with Crippen LogP contribution in [0.25, 0.3) is 0 Å². The molecule has 20 heavy (non-hydrogen) atoms. The highest BCUT2D eigenvalue weighted by Crippen LogP contribution is 2.25. The highest BCUT2D eigenvalue weighted by Gasteiger charge is 2.18. The van der Waals surface area contributed by atoms with Crippen LogP contribution in [-0.2, 0) is 12.8 Å². The quantitative estimate of drug-likeness (QED) is 0.909. The highest BCUT2D eigenvalue weighted by atomic mass is 15.2. The molecule has 3 heteroatoms. The number of nitrogens with zero attached hydrogens (tertiary/aromatic N) is 2. The molecule has 1 aromatic heterocycles. The van der Waals surface area contributed by atoms with E-state index in [1.807, 2.05) is 19.2 Å². The predicted molar refractivity (Wildman–Crippen MR) is 82.9 cm³/mol. The lowest BCUT2D eigenvalue weighted by Crippen LogP contribution is -2.29. The Balaban J connectivity index is 1.87. The van der Waals surface area contributed by atoms with Crippen LogP contribution in [-0.4, -0.2) is 18.1 Å². The van der Waals surface area contributed by atoms with E-state index in [-0.39, 0.29) is 6.04 Å². The third-order valence-corrected chi connectivity index (χ3v) is 4.03. The molecule has 104 valence electrons. The summed E-state index contributed by atoms with van der Waals surface area (Å²) in [5.74, 6) is 1.05. The number of anilines is 1. The van der Waals surface area contributed by atoms with Crippen molar-refractivity contribution in [1.29, 1.82) is 0 Å². The molecule has 3 nitrogen and oxygen atoms in total. The molecule has 0 saturated heterocycles. The maximum Gasteiger partial charge on any atom is 0.133 e. The van der Waals surface area contributed by atoms with Gasteiger partial charge in [-0.15, -0.1) is 0 Å². The SMILES string of the molecule is CC(N)c1cccnc1N1CCc2ccccc2CC1. The Labute approximate surface area is 120 Å². The number of hydrogen-bond donors (Lipinski definition) is 1. The van der Waals surface area contributed by atoms with E-state index in [1.165, 1.54) is 11.1 Å². The fourth-order valence-electron chi connectivity index (χ4n) is 2.91. The second-order valence-corrected chi connectivity index (χ2v) is 5.46. The second kappa shape index (κ2) is 5.63. The third kappa shape index (κ3) is 2.54. The van der Waals surface area contributed by atoms with Crippen molar-refractivity contribution in [3.8, 4) is 0 Å².